The first-order chi connectivity index (χ1) is 11.3. The summed E-state index contributed by atoms with van der Waals surface area (Å²) in [5.41, 5.74) is 1.38. The van der Waals surface area contributed by atoms with Gasteiger partial charge in [-0.25, -0.2) is 0 Å². The number of benzene rings is 1. The molecule has 1 saturated heterocycles. The minimum absolute atomic E-state index is 0. The van der Waals surface area contributed by atoms with Gasteiger partial charge in [0.1, 0.15) is 5.75 Å². The molecular weight excluding hydrogens is 423 g/mol. The van der Waals surface area contributed by atoms with Crippen molar-refractivity contribution in [3.8, 4) is 5.75 Å². The molecule has 1 saturated carbocycles. The third-order valence-electron chi connectivity index (χ3n) is 5.23. The lowest BCUT2D eigenvalue weighted by atomic mass is 9.80. The molecule has 144 valence electrons. The van der Waals surface area contributed by atoms with Crippen LogP contribution in [-0.4, -0.2) is 37.7 Å². The highest BCUT2D eigenvalue weighted by Crippen LogP contribution is 2.42. The first-order valence-electron chi connectivity index (χ1n) is 9.16. The zero-order valence-corrected chi connectivity index (χ0v) is 18.2. The molecule has 0 amide bonds. The Balaban J connectivity index is 0.00000156. The molecule has 1 aliphatic carbocycles. The van der Waals surface area contributed by atoms with Crippen molar-refractivity contribution in [3.05, 3.63) is 28.2 Å². The van der Waals surface area contributed by atoms with Gasteiger partial charge in [0.05, 0.1) is 6.61 Å². The van der Waals surface area contributed by atoms with E-state index in [4.69, 9.17) is 4.74 Å². The minimum atomic E-state index is 0. The molecule has 0 bridgehead atoms. The summed E-state index contributed by atoms with van der Waals surface area (Å²) in [4.78, 5) is 2.69. The Kier molecular flexibility index (Phi) is 10.7. The standard InChI is InChI=1S/C19H29BrN2O.2ClH/c1-2-23-18-9-8-16(20)14-17(18)19(15-6-4-3-5-7-15)22-12-10-21-11-13-22;;/h8-9,14-15,19,21H,2-7,10-13H2,1H3;2*1H/t19-;;/m0../s1. The van der Waals surface area contributed by atoms with Crippen molar-refractivity contribution in [2.24, 2.45) is 5.92 Å². The van der Waals surface area contributed by atoms with E-state index in [0.717, 1.165) is 48.9 Å². The quantitative estimate of drug-likeness (QED) is 0.661. The van der Waals surface area contributed by atoms with Gasteiger partial charge in [0.25, 0.3) is 0 Å². The molecule has 1 aromatic carbocycles. The molecule has 2 aliphatic rings. The molecule has 0 aromatic heterocycles. The van der Waals surface area contributed by atoms with Crippen molar-refractivity contribution in [2.45, 2.75) is 45.1 Å². The normalized spacial score (nSPS) is 20.2. The highest BCUT2D eigenvalue weighted by molar-refractivity contribution is 9.10. The smallest absolute Gasteiger partial charge is 0.124 e. The largest absolute Gasteiger partial charge is 0.494 e. The van der Waals surface area contributed by atoms with E-state index in [1.165, 1.54) is 37.7 Å². The zero-order valence-electron chi connectivity index (χ0n) is 15.0. The molecule has 3 rings (SSSR count). The second kappa shape index (κ2) is 11.7. The van der Waals surface area contributed by atoms with Gasteiger partial charge < -0.3 is 10.1 Å². The average molecular weight is 454 g/mol. The van der Waals surface area contributed by atoms with Crippen LogP contribution in [0, 0.1) is 5.92 Å². The highest BCUT2D eigenvalue weighted by Gasteiger charge is 2.32. The summed E-state index contributed by atoms with van der Waals surface area (Å²) in [6.45, 7) is 7.28. The van der Waals surface area contributed by atoms with Crippen LogP contribution in [0.25, 0.3) is 0 Å². The molecule has 2 fully saturated rings. The van der Waals surface area contributed by atoms with Gasteiger partial charge in [-0.1, -0.05) is 35.2 Å². The van der Waals surface area contributed by atoms with Gasteiger partial charge >= 0.3 is 0 Å². The fourth-order valence-corrected chi connectivity index (χ4v) is 4.58. The maximum Gasteiger partial charge on any atom is 0.124 e. The highest BCUT2D eigenvalue weighted by atomic mass is 79.9. The lowest BCUT2D eigenvalue weighted by Gasteiger charge is -2.41. The first-order valence-corrected chi connectivity index (χ1v) is 9.96. The molecule has 1 heterocycles. The monoisotopic (exact) mass is 452 g/mol. The van der Waals surface area contributed by atoms with Crippen LogP contribution in [0.2, 0.25) is 0 Å². The summed E-state index contributed by atoms with van der Waals surface area (Å²) in [7, 11) is 0. The van der Waals surface area contributed by atoms with Crippen molar-refractivity contribution in [1.29, 1.82) is 0 Å². The van der Waals surface area contributed by atoms with E-state index in [-0.39, 0.29) is 24.8 Å². The Labute approximate surface area is 173 Å². The second-order valence-corrected chi connectivity index (χ2v) is 7.66. The van der Waals surface area contributed by atoms with Crippen molar-refractivity contribution in [1.82, 2.24) is 10.2 Å². The summed E-state index contributed by atoms with van der Waals surface area (Å²) in [6.07, 6.45) is 6.87. The Hall–Kier alpha value is -0.000000000000000222. The van der Waals surface area contributed by atoms with Crippen LogP contribution in [0.3, 0.4) is 0 Å². The molecule has 1 aromatic rings. The Morgan fingerprint density at radius 2 is 1.84 bits per heavy atom. The number of nitrogens with one attached hydrogen (secondary N) is 1. The van der Waals surface area contributed by atoms with Gasteiger partial charge in [0.15, 0.2) is 0 Å². The summed E-state index contributed by atoms with van der Waals surface area (Å²) >= 11 is 3.68. The molecular formula is C19H31BrCl2N2O. The fourth-order valence-electron chi connectivity index (χ4n) is 4.20. The van der Waals surface area contributed by atoms with Gasteiger partial charge in [-0.3, -0.25) is 4.90 Å². The molecule has 1 atom stereocenters. The van der Waals surface area contributed by atoms with Gasteiger partial charge in [-0.15, -0.1) is 24.8 Å². The zero-order chi connectivity index (χ0) is 16.1. The van der Waals surface area contributed by atoms with Crippen LogP contribution in [0.1, 0.15) is 50.6 Å². The van der Waals surface area contributed by atoms with Crippen molar-refractivity contribution < 1.29 is 4.74 Å². The molecule has 1 N–H and O–H groups in total. The van der Waals surface area contributed by atoms with Crippen LogP contribution in [0.15, 0.2) is 22.7 Å². The predicted molar refractivity (Wildman–Crippen MR) is 114 cm³/mol. The summed E-state index contributed by atoms with van der Waals surface area (Å²) in [5, 5.41) is 3.49. The van der Waals surface area contributed by atoms with E-state index in [1.807, 2.05) is 0 Å². The predicted octanol–water partition coefficient (Wildman–Crippen LogP) is 5.22. The van der Waals surface area contributed by atoms with Gasteiger partial charge in [-0.05, 0) is 43.9 Å². The van der Waals surface area contributed by atoms with Crippen molar-refractivity contribution >= 4 is 40.7 Å². The number of ether oxygens (including phenoxy) is 1. The topological polar surface area (TPSA) is 24.5 Å². The molecule has 1 aliphatic heterocycles. The first kappa shape index (κ1) is 23.0. The number of hydrogen-bond donors (Lipinski definition) is 1. The molecule has 6 heteroatoms. The van der Waals surface area contributed by atoms with Crippen LogP contribution in [0.4, 0.5) is 0 Å². The lowest BCUT2D eigenvalue weighted by Crippen LogP contribution is -2.47. The average Bonchev–Trinajstić information content (AvgIpc) is 2.60. The van der Waals surface area contributed by atoms with E-state index >= 15 is 0 Å². The van der Waals surface area contributed by atoms with Gasteiger partial charge in [0.2, 0.25) is 0 Å². The van der Waals surface area contributed by atoms with Crippen LogP contribution in [0.5, 0.6) is 5.75 Å². The molecule has 3 nitrogen and oxygen atoms in total. The Morgan fingerprint density at radius 3 is 2.48 bits per heavy atom. The van der Waals surface area contributed by atoms with Crippen LogP contribution >= 0.6 is 40.7 Å². The maximum atomic E-state index is 5.99. The van der Waals surface area contributed by atoms with Crippen molar-refractivity contribution in [2.75, 3.05) is 32.8 Å². The number of rotatable bonds is 5. The van der Waals surface area contributed by atoms with Gasteiger partial charge in [0, 0.05) is 42.3 Å². The number of piperazine rings is 1. The Bertz CT molecular complexity index is 488. The molecule has 0 unspecified atom stereocenters. The molecule has 25 heavy (non-hydrogen) atoms. The van der Waals surface area contributed by atoms with E-state index in [9.17, 15) is 0 Å². The third-order valence-corrected chi connectivity index (χ3v) is 5.72. The summed E-state index contributed by atoms with van der Waals surface area (Å²) in [6, 6.07) is 7.04. The minimum Gasteiger partial charge on any atom is -0.494 e. The molecule has 0 spiro atoms. The van der Waals surface area contributed by atoms with E-state index in [1.54, 1.807) is 0 Å². The number of nitrogens with zero attached hydrogens (tertiary/aromatic N) is 1. The van der Waals surface area contributed by atoms with E-state index in [0.29, 0.717) is 6.04 Å². The fraction of sp³-hybridized carbons (Fsp3) is 0.684. The van der Waals surface area contributed by atoms with Crippen molar-refractivity contribution in [3.63, 3.8) is 0 Å². The van der Waals surface area contributed by atoms with Gasteiger partial charge in [-0.2, -0.15) is 0 Å². The SMILES string of the molecule is CCOc1ccc(Br)cc1[C@H](C1CCCCC1)N1CCNCC1.Cl.Cl. The second-order valence-electron chi connectivity index (χ2n) is 6.74. The summed E-state index contributed by atoms with van der Waals surface area (Å²) in [5.74, 6) is 1.83. The van der Waals surface area contributed by atoms with E-state index in [2.05, 4.69) is 51.3 Å². The molecule has 0 radical (unpaired) electrons. The lowest BCUT2D eigenvalue weighted by molar-refractivity contribution is 0.101. The van der Waals surface area contributed by atoms with Crippen LogP contribution in [-0.2, 0) is 0 Å². The number of hydrogen-bond acceptors (Lipinski definition) is 3. The van der Waals surface area contributed by atoms with Crippen LogP contribution < -0.4 is 10.1 Å². The third kappa shape index (κ3) is 6.00. The number of halogens is 3. The maximum absolute atomic E-state index is 5.99. The van der Waals surface area contributed by atoms with E-state index < -0.39 is 0 Å². The summed E-state index contributed by atoms with van der Waals surface area (Å²) < 4.78 is 7.15. The Morgan fingerprint density at radius 1 is 1.16 bits per heavy atom.